The lowest BCUT2D eigenvalue weighted by molar-refractivity contribution is -0.154. The van der Waals surface area contributed by atoms with Crippen molar-refractivity contribution in [2.45, 2.75) is 44.1 Å². The summed E-state index contributed by atoms with van der Waals surface area (Å²) in [5.74, 6) is -0.102. The number of esters is 1. The van der Waals surface area contributed by atoms with Crippen LogP contribution < -0.4 is 4.74 Å². The fourth-order valence-corrected chi connectivity index (χ4v) is 4.46. The van der Waals surface area contributed by atoms with Crippen molar-refractivity contribution in [2.75, 3.05) is 13.7 Å². The average molecular weight is 331 g/mol. The van der Waals surface area contributed by atoms with Crippen molar-refractivity contribution in [3.63, 3.8) is 0 Å². The van der Waals surface area contributed by atoms with Crippen molar-refractivity contribution in [3.8, 4) is 11.5 Å². The molecule has 6 nitrogen and oxygen atoms in total. The molecule has 6 heteroatoms. The summed E-state index contributed by atoms with van der Waals surface area (Å²) < 4.78 is 10.7. The third-order valence-electron chi connectivity index (χ3n) is 5.35. The number of ether oxygens (including phenoxy) is 2. The molecule has 1 aromatic rings. The molecule has 0 bridgehead atoms. The number of methoxy groups -OCH3 is 1. The van der Waals surface area contributed by atoms with Gasteiger partial charge in [-0.3, -0.25) is 9.69 Å². The second kappa shape index (κ2) is 5.50. The van der Waals surface area contributed by atoms with E-state index in [1.165, 1.54) is 19.6 Å². The van der Waals surface area contributed by atoms with Gasteiger partial charge in [0.15, 0.2) is 11.5 Å². The Hall–Kier alpha value is -2.05. The first kappa shape index (κ1) is 15.5. The maximum absolute atomic E-state index is 11.6. The van der Waals surface area contributed by atoms with Gasteiger partial charge < -0.3 is 19.7 Å². The molecule has 1 fully saturated rings. The van der Waals surface area contributed by atoms with Crippen molar-refractivity contribution in [2.24, 2.45) is 0 Å². The normalized spacial score (nSPS) is 31.0. The third-order valence-corrected chi connectivity index (χ3v) is 5.35. The lowest BCUT2D eigenvalue weighted by Crippen LogP contribution is -2.51. The highest BCUT2D eigenvalue weighted by molar-refractivity contribution is 5.66. The van der Waals surface area contributed by atoms with E-state index in [2.05, 4.69) is 4.90 Å². The Morgan fingerprint density at radius 1 is 1.38 bits per heavy atom. The summed E-state index contributed by atoms with van der Waals surface area (Å²) in [6.07, 6.45) is 1.26. The topological polar surface area (TPSA) is 79.2 Å². The number of aliphatic hydroxyl groups excluding tert-OH is 1. The van der Waals surface area contributed by atoms with E-state index in [0.717, 1.165) is 30.6 Å². The van der Waals surface area contributed by atoms with Gasteiger partial charge in [0.2, 0.25) is 0 Å². The lowest BCUT2D eigenvalue weighted by Gasteiger charge is -2.45. The van der Waals surface area contributed by atoms with Gasteiger partial charge in [0, 0.05) is 32.0 Å². The molecule has 0 spiro atoms. The number of nitrogens with zero attached hydrogens (tertiary/aromatic N) is 1. The highest BCUT2D eigenvalue weighted by Gasteiger charge is 2.50. The van der Waals surface area contributed by atoms with Crippen LogP contribution in [0.25, 0.3) is 0 Å². The van der Waals surface area contributed by atoms with Crippen molar-refractivity contribution < 1.29 is 24.5 Å². The highest BCUT2D eigenvalue weighted by atomic mass is 16.6. The van der Waals surface area contributed by atoms with Gasteiger partial charge in [-0.05, 0) is 29.7 Å². The van der Waals surface area contributed by atoms with Crippen LogP contribution in [-0.2, 0) is 16.1 Å². The molecule has 4 unspecified atom stereocenters. The molecule has 1 aliphatic carbocycles. The fourth-order valence-electron chi connectivity index (χ4n) is 4.46. The Bertz CT molecular complexity index is 728. The van der Waals surface area contributed by atoms with E-state index in [9.17, 15) is 15.0 Å². The molecule has 2 heterocycles. The molecule has 3 aliphatic rings. The number of benzene rings is 1. The maximum atomic E-state index is 11.6. The van der Waals surface area contributed by atoms with E-state index in [1.54, 1.807) is 6.07 Å². The van der Waals surface area contributed by atoms with Gasteiger partial charge in [0.25, 0.3) is 0 Å². The molecule has 0 aromatic heterocycles. The zero-order valence-electron chi connectivity index (χ0n) is 13.7. The van der Waals surface area contributed by atoms with Gasteiger partial charge in [-0.2, -0.15) is 0 Å². The van der Waals surface area contributed by atoms with Crippen LogP contribution in [0.3, 0.4) is 0 Å². The summed E-state index contributed by atoms with van der Waals surface area (Å²) in [6.45, 7) is 3.02. The van der Waals surface area contributed by atoms with Crippen LogP contribution >= 0.6 is 0 Å². The van der Waals surface area contributed by atoms with Crippen LogP contribution in [0.15, 0.2) is 23.8 Å². The molecule has 1 aromatic carbocycles. The first-order valence-electron chi connectivity index (χ1n) is 8.19. The number of phenolic OH excluding ortho intramolecular Hbond substituents is 1. The second-order valence-electron chi connectivity index (χ2n) is 6.72. The van der Waals surface area contributed by atoms with Crippen LogP contribution in [0.4, 0.5) is 0 Å². The van der Waals surface area contributed by atoms with Crippen molar-refractivity contribution >= 4 is 5.97 Å². The Kier molecular flexibility index (Phi) is 3.54. The average Bonchev–Trinajstić information content (AvgIpc) is 2.92. The Balaban J connectivity index is 1.86. The van der Waals surface area contributed by atoms with Crippen LogP contribution in [-0.4, -0.2) is 53.0 Å². The van der Waals surface area contributed by atoms with E-state index < -0.39 is 18.2 Å². The first-order chi connectivity index (χ1) is 11.5. The zero-order valence-corrected chi connectivity index (χ0v) is 13.7. The smallest absolute Gasteiger partial charge is 0.303 e. The number of hydrogen-bond donors (Lipinski definition) is 2. The van der Waals surface area contributed by atoms with E-state index >= 15 is 0 Å². The minimum absolute atomic E-state index is 0.0647. The lowest BCUT2D eigenvalue weighted by atomic mass is 9.73. The minimum Gasteiger partial charge on any atom is -0.504 e. The van der Waals surface area contributed by atoms with Gasteiger partial charge >= 0.3 is 5.97 Å². The SMILES string of the molecule is COc1cc2c(cc1O)C1C(OC(C)=O)C(O)C=C3CCN(C2)C31. The number of aliphatic hydroxyl groups is 1. The number of carbonyl (C=O) groups excluding carboxylic acids is 1. The van der Waals surface area contributed by atoms with Crippen LogP contribution in [0.1, 0.15) is 30.4 Å². The van der Waals surface area contributed by atoms with Gasteiger partial charge in [0.1, 0.15) is 12.2 Å². The molecular formula is C18H21NO5. The maximum Gasteiger partial charge on any atom is 0.303 e. The second-order valence-corrected chi connectivity index (χ2v) is 6.72. The predicted molar refractivity (Wildman–Crippen MR) is 85.9 cm³/mol. The summed E-state index contributed by atoms with van der Waals surface area (Å²) >= 11 is 0. The third kappa shape index (κ3) is 2.21. The van der Waals surface area contributed by atoms with Crippen molar-refractivity contribution in [1.82, 2.24) is 4.90 Å². The minimum atomic E-state index is -0.833. The molecule has 4 atom stereocenters. The first-order valence-corrected chi connectivity index (χ1v) is 8.19. The molecule has 24 heavy (non-hydrogen) atoms. The molecule has 0 saturated carbocycles. The number of phenols is 1. The number of aromatic hydroxyl groups is 1. The van der Waals surface area contributed by atoms with Crippen LogP contribution in [0.2, 0.25) is 0 Å². The standard InChI is InChI=1S/C18H21NO5/c1-9(20)24-18-14(22)5-10-3-4-19-8-11-6-15(23-2)13(21)7-12(11)16(18)17(10)19/h5-7,14,16-18,21-22H,3-4,8H2,1-2H3. The summed E-state index contributed by atoms with van der Waals surface area (Å²) in [5, 5.41) is 20.7. The summed E-state index contributed by atoms with van der Waals surface area (Å²) in [7, 11) is 1.52. The van der Waals surface area contributed by atoms with E-state index in [1.807, 2.05) is 12.1 Å². The number of hydrogen-bond acceptors (Lipinski definition) is 6. The largest absolute Gasteiger partial charge is 0.504 e. The number of rotatable bonds is 2. The van der Waals surface area contributed by atoms with Crippen LogP contribution in [0, 0.1) is 0 Å². The Morgan fingerprint density at radius 2 is 2.17 bits per heavy atom. The van der Waals surface area contributed by atoms with E-state index in [4.69, 9.17) is 9.47 Å². The molecule has 0 radical (unpaired) electrons. The van der Waals surface area contributed by atoms with Crippen molar-refractivity contribution in [1.29, 1.82) is 0 Å². The number of carbonyl (C=O) groups is 1. The highest BCUT2D eigenvalue weighted by Crippen LogP contribution is 2.49. The molecule has 4 rings (SSSR count). The molecule has 0 amide bonds. The van der Waals surface area contributed by atoms with Gasteiger partial charge in [-0.15, -0.1) is 0 Å². The summed E-state index contributed by atoms with van der Waals surface area (Å²) in [4.78, 5) is 13.9. The molecule has 128 valence electrons. The molecule has 2 N–H and O–H groups in total. The van der Waals surface area contributed by atoms with E-state index in [0.29, 0.717) is 5.75 Å². The number of fused-ring (bicyclic) bond motifs is 2. The van der Waals surface area contributed by atoms with Gasteiger partial charge in [-0.25, -0.2) is 0 Å². The van der Waals surface area contributed by atoms with Gasteiger partial charge in [0.05, 0.1) is 7.11 Å². The predicted octanol–water partition coefficient (Wildman–Crippen LogP) is 1.30. The van der Waals surface area contributed by atoms with E-state index in [-0.39, 0.29) is 17.7 Å². The monoisotopic (exact) mass is 331 g/mol. The fraction of sp³-hybridized carbons (Fsp3) is 0.500. The molecular weight excluding hydrogens is 310 g/mol. The summed E-state index contributed by atoms with van der Waals surface area (Å²) in [5.41, 5.74) is 3.16. The van der Waals surface area contributed by atoms with Crippen molar-refractivity contribution in [3.05, 3.63) is 34.9 Å². The molecule has 1 saturated heterocycles. The van der Waals surface area contributed by atoms with Gasteiger partial charge in [-0.1, -0.05) is 11.6 Å². The zero-order chi connectivity index (χ0) is 17.0. The Morgan fingerprint density at radius 3 is 2.88 bits per heavy atom. The summed E-state index contributed by atoms with van der Waals surface area (Å²) in [6, 6.07) is 3.65. The molecule has 2 aliphatic heterocycles. The van der Waals surface area contributed by atoms with Crippen LogP contribution in [0.5, 0.6) is 11.5 Å². The quantitative estimate of drug-likeness (QED) is 0.628. The Labute approximate surface area is 140 Å².